The lowest BCUT2D eigenvalue weighted by atomic mass is 9.66. The van der Waals surface area contributed by atoms with Crippen LogP contribution in [0.1, 0.15) is 39.0 Å². The molecule has 198 valence electrons. The van der Waals surface area contributed by atoms with Gasteiger partial charge in [0, 0.05) is 24.4 Å². The number of para-hydroxylation sites is 1. The average Bonchev–Trinajstić information content (AvgIpc) is 3.57. The van der Waals surface area contributed by atoms with Crippen molar-refractivity contribution in [1.82, 2.24) is 24.8 Å². The van der Waals surface area contributed by atoms with E-state index in [1.165, 1.54) is 11.8 Å². The summed E-state index contributed by atoms with van der Waals surface area (Å²) in [5.74, 6) is -3.00. The van der Waals surface area contributed by atoms with E-state index in [0.717, 1.165) is 11.0 Å². The lowest BCUT2D eigenvalue weighted by Gasteiger charge is -2.37. The van der Waals surface area contributed by atoms with Crippen LogP contribution in [-0.2, 0) is 21.1 Å². The standard InChI is InChI=1S/C26H33N5O5S/c1-3-13-29(16-31-18-10-6-5-9-17(18)27-28-31)23(34)21-26-12-11-25(2,37-26)20(24(35)36)19(26)22(33)30(21)14-7-4-8-15-32/h3,5-6,9-10,19-21,32H,1,4,7-8,11-16H2,2H3,(H,35,36)/t19-,20+,21?,25-,26?/m0/s1. The largest absolute Gasteiger partial charge is 0.481 e. The summed E-state index contributed by atoms with van der Waals surface area (Å²) in [6.07, 6.45) is 4.87. The lowest BCUT2D eigenvalue weighted by molar-refractivity contribution is -0.150. The third-order valence-electron chi connectivity index (χ3n) is 8.22. The van der Waals surface area contributed by atoms with E-state index < -0.39 is 33.3 Å². The van der Waals surface area contributed by atoms with Gasteiger partial charge in [0.05, 0.1) is 22.1 Å². The molecular formula is C26H33N5O5S. The van der Waals surface area contributed by atoms with Crippen LogP contribution in [0.5, 0.6) is 0 Å². The minimum atomic E-state index is -0.972. The number of hydrogen-bond donors (Lipinski definition) is 2. The maximum absolute atomic E-state index is 14.4. The molecule has 0 radical (unpaired) electrons. The second-order valence-corrected chi connectivity index (χ2v) is 12.3. The molecule has 0 saturated carbocycles. The van der Waals surface area contributed by atoms with Crippen LogP contribution < -0.4 is 0 Å². The fourth-order valence-electron chi connectivity index (χ4n) is 6.62. The van der Waals surface area contributed by atoms with Crippen molar-refractivity contribution in [1.29, 1.82) is 0 Å². The first-order valence-electron chi connectivity index (χ1n) is 12.8. The summed E-state index contributed by atoms with van der Waals surface area (Å²) in [7, 11) is 0. The minimum absolute atomic E-state index is 0.0666. The molecule has 2 unspecified atom stereocenters. The third kappa shape index (κ3) is 4.03. The number of fused-ring (bicyclic) bond motifs is 2. The van der Waals surface area contributed by atoms with E-state index in [9.17, 15) is 24.6 Å². The van der Waals surface area contributed by atoms with Crippen molar-refractivity contribution in [3.8, 4) is 0 Å². The van der Waals surface area contributed by atoms with Gasteiger partial charge in [-0.25, -0.2) is 4.68 Å². The van der Waals surface area contributed by atoms with Gasteiger partial charge in [-0.15, -0.1) is 23.4 Å². The smallest absolute Gasteiger partial charge is 0.308 e. The Balaban J connectivity index is 1.51. The molecule has 2 aromatic rings. The van der Waals surface area contributed by atoms with E-state index in [2.05, 4.69) is 16.9 Å². The number of carboxylic acids is 1. The summed E-state index contributed by atoms with van der Waals surface area (Å²) in [6, 6.07) is 6.73. The van der Waals surface area contributed by atoms with Gasteiger partial charge in [0.1, 0.15) is 18.2 Å². The first-order chi connectivity index (χ1) is 17.8. The summed E-state index contributed by atoms with van der Waals surface area (Å²) in [5, 5.41) is 27.8. The van der Waals surface area contributed by atoms with E-state index in [1.54, 1.807) is 20.6 Å². The van der Waals surface area contributed by atoms with Crippen LogP contribution in [0.15, 0.2) is 36.9 Å². The summed E-state index contributed by atoms with van der Waals surface area (Å²) in [4.78, 5) is 43.9. The van der Waals surface area contributed by atoms with E-state index in [0.29, 0.717) is 38.6 Å². The highest BCUT2D eigenvalue weighted by molar-refractivity contribution is 8.02. The number of likely N-dealkylation sites (tertiary alicyclic amines) is 1. The number of carboxylic acid groups (broad SMARTS) is 1. The fraction of sp³-hybridized carbons (Fsp3) is 0.577. The normalized spacial score (nSPS) is 30.2. The predicted molar refractivity (Wildman–Crippen MR) is 138 cm³/mol. The molecule has 1 aromatic heterocycles. The Morgan fingerprint density at radius 3 is 2.78 bits per heavy atom. The number of carbonyl (C=O) groups excluding carboxylic acids is 2. The number of thioether (sulfide) groups is 1. The molecule has 2 bridgehead atoms. The number of unbranched alkanes of at least 4 members (excludes halogenated alkanes) is 2. The van der Waals surface area contributed by atoms with Gasteiger partial charge in [0.2, 0.25) is 11.8 Å². The number of aliphatic carboxylic acids is 1. The molecule has 1 aromatic carbocycles. The van der Waals surface area contributed by atoms with E-state index in [4.69, 9.17) is 0 Å². The highest BCUT2D eigenvalue weighted by Crippen LogP contribution is 2.71. The van der Waals surface area contributed by atoms with Crippen molar-refractivity contribution < 1.29 is 24.6 Å². The van der Waals surface area contributed by atoms with Crippen LogP contribution in [0, 0.1) is 11.8 Å². The Morgan fingerprint density at radius 1 is 1.27 bits per heavy atom. The molecule has 2 amide bonds. The summed E-state index contributed by atoms with van der Waals surface area (Å²) in [5.41, 5.74) is 1.51. The van der Waals surface area contributed by atoms with E-state index >= 15 is 0 Å². The van der Waals surface area contributed by atoms with Crippen LogP contribution in [0.4, 0.5) is 0 Å². The number of aromatic nitrogens is 3. The molecule has 11 heteroatoms. The van der Waals surface area contributed by atoms with Gasteiger partial charge in [-0.05, 0) is 51.2 Å². The SMILES string of the molecule is C=CCN(Cn1nnc2ccccc21)C(=O)C1N(CCCCCO)C(=O)[C@@H]2[C@H](C(=O)O)[C@]3(C)CCC12S3. The van der Waals surface area contributed by atoms with Gasteiger partial charge < -0.3 is 20.0 Å². The number of carbonyl (C=O) groups is 3. The maximum atomic E-state index is 14.4. The fourth-order valence-corrected chi connectivity index (χ4v) is 8.97. The quantitative estimate of drug-likeness (QED) is 0.336. The maximum Gasteiger partial charge on any atom is 0.308 e. The topological polar surface area (TPSA) is 129 Å². The number of benzene rings is 1. The highest BCUT2D eigenvalue weighted by Gasteiger charge is 2.77. The molecule has 4 heterocycles. The first kappa shape index (κ1) is 25.7. The van der Waals surface area contributed by atoms with Crippen LogP contribution in [0.3, 0.4) is 0 Å². The number of amides is 2. The molecule has 3 fully saturated rings. The third-order valence-corrected chi connectivity index (χ3v) is 10.2. The zero-order valence-corrected chi connectivity index (χ0v) is 21.8. The summed E-state index contributed by atoms with van der Waals surface area (Å²) in [6.45, 7) is 6.57. The summed E-state index contributed by atoms with van der Waals surface area (Å²) < 4.78 is 0.292. The first-order valence-corrected chi connectivity index (χ1v) is 13.6. The van der Waals surface area contributed by atoms with Crippen LogP contribution in [0.2, 0.25) is 0 Å². The van der Waals surface area contributed by atoms with Crippen molar-refractivity contribution in [2.45, 2.75) is 61.2 Å². The van der Waals surface area contributed by atoms with Crippen LogP contribution >= 0.6 is 11.8 Å². The molecule has 3 aliphatic rings. The molecule has 10 nitrogen and oxygen atoms in total. The van der Waals surface area contributed by atoms with Gasteiger partial charge in [0.25, 0.3) is 0 Å². The van der Waals surface area contributed by atoms with Crippen molar-refractivity contribution in [2.75, 3.05) is 19.7 Å². The molecule has 1 spiro atoms. The van der Waals surface area contributed by atoms with Crippen molar-refractivity contribution in [2.24, 2.45) is 11.8 Å². The van der Waals surface area contributed by atoms with Crippen LogP contribution in [0.25, 0.3) is 11.0 Å². The number of hydrogen-bond acceptors (Lipinski definition) is 7. The van der Waals surface area contributed by atoms with Gasteiger partial charge in [0.15, 0.2) is 0 Å². The Labute approximate surface area is 219 Å². The van der Waals surface area contributed by atoms with Crippen molar-refractivity contribution in [3.05, 3.63) is 36.9 Å². The molecule has 3 saturated heterocycles. The number of rotatable bonds is 11. The number of aliphatic hydroxyl groups is 1. The summed E-state index contributed by atoms with van der Waals surface area (Å²) >= 11 is 1.53. The number of nitrogens with zero attached hydrogens (tertiary/aromatic N) is 5. The molecule has 0 aliphatic carbocycles. The number of aliphatic hydroxyl groups excluding tert-OH is 1. The Bertz CT molecular complexity index is 1230. The molecule has 3 aliphatic heterocycles. The monoisotopic (exact) mass is 527 g/mol. The Hall–Kier alpha value is -2.92. The molecule has 37 heavy (non-hydrogen) atoms. The van der Waals surface area contributed by atoms with Gasteiger partial charge in [-0.1, -0.05) is 23.4 Å². The van der Waals surface area contributed by atoms with Crippen LogP contribution in [-0.4, -0.2) is 88.0 Å². The molecule has 2 N–H and O–H groups in total. The van der Waals surface area contributed by atoms with Gasteiger partial charge in [-0.2, -0.15) is 0 Å². The van der Waals surface area contributed by atoms with Crippen molar-refractivity contribution in [3.63, 3.8) is 0 Å². The van der Waals surface area contributed by atoms with E-state index in [1.807, 2.05) is 31.2 Å². The zero-order chi connectivity index (χ0) is 26.4. The molecular weight excluding hydrogens is 494 g/mol. The van der Waals surface area contributed by atoms with Gasteiger partial charge >= 0.3 is 5.97 Å². The molecule has 5 rings (SSSR count). The van der Waals surface area contributed by atoms with Gasteiger partial charge in [-0.3, -0.25) is 14.4 Å². The lowest BCUT2D eigenvalue weighted by Crippen LogP contribution is -2.55. The zero-order valence-electron chi connectivity index (χ0n) is 21.0. The average molecular weight is 528 g/mol. The van der Waals surface area contributed by atoms with E-state index in [-0.39, 0.29) is 31.6 Å². The second-order valence-electron chi connectivity index (χ2n) is 10.5. The highest BCUT2D eigenvalue weighted by atomic mass is 32.2. The minimum Gasteiger partial charge on any atom is -0.481 e. The molecule has 5 atom stereocenters. The van der Waals surface area contributed by atoms with Crippen molar-refractivity contribution >= 4 is 40.6 Å². The Morgan fingerprint density at radius 2 is 2.05 bits per heavy atom. The predicted octanol–water partition coefficient (Wildman–Crippen LogP) is 2.13. The second kappa shape index (κ2) is 9.75. The Kier molecular flexibility index (Phi) is 6.78.